The van der Waals surface area contributed by atoms with Gasteiger partial charge in [0.15, 0.2) is 0 Å². The smallest absolute Gasteiger partial charge is 0.261 e. The Kier molecular flexibility index (Phi) is 2.91. The molecule has 0 radical (unpaired) electrons. The monoisotopic (exact) mass is 233 g/mol. The van der Waals surface area contributed by atoms with Crippen molar-refractivity contribution in [2.45, 2.75) is 0 Å². The summed E-state index contributed by atoms with van der Waals surface area (Å²) in [6.45, 7) is 0. The van der Waals surface area contributed by atoms with Gasteiger partial charge in [0.25, 0.3) is 5.91 Å². The summed E-state index contributed by atoms with van der Waals surface area (Å²) in [6, 6.07) is 6.64. The first-order valence-electron chi connectivity index (χ1n) is 2.90. The van der Waals surface area contributed by atoms with Crippen LogP contribution in [0.25, 0.3) is 0 Å². The van der Waals surface area contributed by atoms with E-state index in [1.807, 2.05) is 0 Å². The van der Waals surface area contributed by atoms with Gasteiger partial charge in [-0.3, -0.25) is 9.14 Å². The van der Waals surface area contributed by atoms with Gasteiger partial charge in [0.1, 0.15) is 0 Å². The largest absolute Gasteiger partial charge is 0.289 e. The van der Waals surface area contributed by atoms with Crippen LogP contribution in [0, 0.1) is 0 Å². The lowest BCUT2D eigenvalue weighted by Crippen LogP contribution is -2.11. The molecule has 0 aliphatic rings. The minimum Gasteiger partial charge on any atom is -0.289 e. The molecule has 4 heteroatoms. The zero-order valence-electron chi connectivity index (χ0n) is 5.47. The molecular formula is C7H5BrClNO. The number of carbonyl (C=O) groups excluding carboxylic acids is 1. The third-order valence-electron chi connectivity index (χ3n) is 1.19. The first kappa shape index (κ1) is 8.56. The maximum absolute atomic E-state index is 10.9. The molecule has 0 unspecified atom stereocenters. The summed E-state index contributed by atoms with van der Waals surface area (Å²) < 4.78 is 2.33. The second-order valence-electron chi connectivity index (χ2n) is 1.93. The molecule has 1 aromatic rings. The quantitative estimate of drug-likeness (QED) is 0.743. The summed E-state index contributed by atoms with van der Waals surface area (Å²) in [5.41, 5.74) is 0.575. The van der Waals surface area contributed by atoms with Gasteiger partial charge in [-0.2, -0.15) is 0 Å². The topological polar surface area (TPSA) is 29.1 Å². The lowest BCUT2D eigenvalue weighted by atomic mass is 10.2. The van der Waals surface area contributed by atoms with Crippen LogP contribution in [-0.4, -0.2) is 5.91 Å². The Morgan fingerprint density at radius 2 is 1.91 bits per heavy atom. The van der Waals surface area contributed by atoms with E-state index in [9.17, 15) is 4.79 Å². The number of hydrogen-bond acceptors (Lipinski definition) is 1. The van der Waals surface area contributed by atoms with Crippen molar-refractivity contribution in [3.05, 3.63) is 34.9 Å². The third kappa shape index (κ3) is 2.20. The SMILES string of the molecule is O=C(NBr)c1ccc(Cl)cc1. The average Bonchev–Trinajstić information content (AvgIpc) is 2.05. The molecule has 0 fully saturated rings. The summed E-state index contributed by atoms with van der Waals surface area (Å²) in [5, 5.41) is 0.621. The predicted molar refractivity (Wildman–Crippen MR) is 47.8 cm³/mol. The molecule has 0 bridgehead atoms. The summed E-state index contributed by atoms with van der Waals surface area (Å²) in [4.78, 5) is 10.9. The zero-order chi connectivity index (χ0) is 8.27. The molecule has 0 aromatic heterocycles. The van der Waals surface area contributed by atoms with Crippen LogP contribution in [0.2, 0.25) is 5.02 Å². The fourth-order valence-electron chi connectivity index (χ4n) is 0.656. The number of halogens is 2. The highest BCUT2D eigenvalue weighted by Gasteiger charge is 2.00. The number of nitrogens with one attached hydrogen (secondary N) is 1. The number of benzene rings is 1. The van der Waals surface area contributed by atoms with Gasteiger partial charge in [-0.25, -0.2) is 0 Å². The molecule has 58 valence electrons. The Morgan fingerprint density at radius 1 is 1.36 bits per heavy atom. The average molecular weight is 234 g/mol. The van der Waals surface area contributed by atoms with Crippen molar-refractivity contribution in [1.82, 2.24) is 4.34 Å². The van der Waals surface area contributed by atoms with Crippen molar-refractivity contribution in [2.75, 3.05) is 0 Å². The van der Waals surface area contributed by atoms with Gasteiger partial charge in [-0.15, -0.1) is 0 Å². The summed E-state index contributed by atoms with van der Waals surface area (Å²) >= 11 is 8.45. The maximum atomic E-state index is 10.9. The van der Waals surface area contributed by atoms with Crippen LogP contribution in [-0.2, 0) is 0 Å². The summed E-state index contributed by atoms with van der Waals surface area (Å²) in [7, 11) is 0. The van der Waals surface area contributed by atoms with E-state index in [4.69, 9.17) is 11.6 Å². The highest BCUT2D eigenvalue weighted by atomic mass is 79.9. The normalized spacial score (nSPS) is 9.27. The fourth-order valence-corrected chi connectivity index (χ4v) is 1.01. The highest BCUT2D eigenvalue weighted by Crippen LogP contribution is 2.09. The van der Waals surface area contributed by atoms with Gasteiger partial charge in [-0.1, -0.05) is 11.6 Å². The Hall–Kier alpha value is -0.540. The highest BCUT2D eigenvalue weighted by molar-refractivity contribution is 9.08. The van der Waals surface area contributed by atoms with Gasteiger partial charge < -0.3 is 0 Å². The Labute approximate surface area is 77.9 Å². The van der Waals surface area contributed by atoms with E-state index in [2.05, 4.69) is 20.5 Å². The minimum atomic E-state index is -0.179. The van der Waals surface area contributed by atoms with Gasteiger partial charge in [0.05, 0.1) is 0 Å². The molecular weight excluding hydrogens is 229 g/mol. The van der Waals surface area contributed by atoms with E-state index < -0.39 is 0 Å². The Bertz CT molecular complexity index is 260. The van der Waals surface area contributed by atoms with Gasteiger partial charge in [0.2, 0.25) is 0 Å². The first-order valence-corrected chi connectivity index (χ1v) is 4.07. The minimum absolute atomic E-state index is 0.179. The van der Waals surface area contributed by atoms with Crippen LogP contribution >= 0.6 is 27.7 Å². The molecule has 1 aromatic carbocycles. The second kappa shape index (κ2) is 3.74. The van der Waals surface area contributed by atoms with Crippen LogP contribution in [0.5, 0.6) is 0 Å². The van der Waals surface area contributed by atoms with Crippen LogP contribution in [0.4, 0.5) is 0 Å². The number of carbonyl (C=O) groups is 1. The Morgan fingerprint density at radius 3 is 2.36 bits per heavy atom. The lowest BCUT2D eigenvalue weighted by molar-refractivity contribution is 0.0986. The van der Waals surface area contributed by atoms with E-state index in [1.165, 1.54) is 0 Å². The maximum Gasteiger partial charge on any atom is 0.261 e. The molecule has 1 N–H and O–H groups in total. The summed E-state index contributed by atoms with van der Waals surface area (Å²) in [5.74, 6) is -0.179. The van der Waals surface area contributed by atoms with E-state index in [0.29, 0.717) is 10.6 Å². The molecule has 2 nitrogen and oxygen atoms in total. The summed E-state index contributed by atoms with van der Waals surface area (Å²) in [6.07, 6.45) is 0. The molecule has 0 spiro atoms. The van der Waals surface area contributed by atoms with Crippen molar-refractivity contribution < 1.29 is 4.79 Å². The van der Waals surface area contributed by atoms with E-state index in [1.54, 1.807) is 24.3 Å². The standard InChI is InChI=1S/C7H5BrClNO/c8-10-7(11)5-1-3-6(9)4-2-5/h1-4H,(H,10,11). The molecule has 1 amide bonds. The van der Waals surface area contributed by atoms with E-state index in [-0.39, 0.29) is 5.91 Å². The van der Waals surface area contributed by atoms with Crippen molar-refractivity contribution in [3.63, 3.8) is 0 Å². The third-order valence-corrected chi connectivity index (χ3v) is 1.80. The van der Waals surface area contributed by atoms with Crippen molar-refractivity contribution in [1.29, 1.82) is 0 Å². The van der Waals surface area contributed by atoms with Gasteiger partial charge in [-0.05, 0) is 24.3 Å². The second-order valence-corrected chi connectivity index (χ2v) is 2.76. The van der Waals surface area contributed by atoms with Gasteiger partial charge >= 0.3 is 0 Å². The van der Waals surface area contributed by atoms with Crippen LogP contribution in [0.15, 0.2) is 24.3 Å². The van der Waals surface area contributed by atoms with Crippen LogP contribution < -0.4 is 4.34 Å². The van der Waals surface area contributed by atoms with E-state index in [0.717, 1.165) is 0 Å². The molecule has 0 aliphatic heterocycles. The number of rotatable bonds is 1. The van der Waals surface area contributed by atoms with Gasteiger partial charge in [0, 0.05) is 26.7 Å². The predicted octanol–water partition coefficient (Wildman–Crippen LogP) is 2.38. The first-order chi connectivity index (χ1) is 5.24. The van der Waals surface area contributed by atoms with Crippen molar-refractivity contribution in [3.8, 4) is 0 Å². The lowest BCUT2D eigenvalue weighted by Gasteiger charge is -1.96. The molecule has 0 atom stereocenters. The number of amides is 1. The fraction of sp³-hybridized carbons (Fsp3) is 0. The molecule has 1 rings (SSSR count). The molecule has 0 heterocycles. The molecule has 0 saturated heterocycles. The van der Waals surface area contributed by atoms with Crippen LogP contribution in [0.3, 0.4) is 0 Å². The zero-order valence-corrected chi connectivity index (χ0v) is 7.82. The molecule has 0 saturated carbocycles. The van der Waals surface area contributed by atoms with E-state index >= 15 is 0 Å². The number of hydrogen-bond donors (Lipinski definition) is 1. The van der Waals surface area contributed by atoms with Crippen molar-refractivity contribution >= 4 is 33.7 Å². The molecule has 0 aliphatic carbocycles. The molecule has 11 heavy (non-hydrogen) atoms. The van der Waals surface area contributed by atoms with Crippen LogP contribution in [0.1, 0.15) is 10.4 Å². The van der Waals surface area contributed by atoms with Crippen molar-refractivity contribution in [2.24, 2.45) is 0 Å². The Balaban J connectivity index is 2.90.